The van der Waals surface area contributed by atoms with E-state index in [-0.39, 0.29) is 0 Å². The van der Waals surface area contributed by atoms with E-state index in [0.717, 1.165) is 10.0 Å². The first-order valence-electron chi connectivity index (χ1n) is 5.58. The Bertz CT molecular complexity index is 555. The number of nitrogen functional groups attached to an aromatic ring is 1. The summed E-state index contributed by atoms with van der Waals surface area (Å²) in [5.74, 6) is 1.18. The van der Waals surface area contributed by atoms with Gasteiger partial charge in [0.2, 0.25) is 0 Å². The van der Waals surface area contributed by atoms with E-state index >= 15 is 0 Å². The number of rotatable bonds is 3. The Kier molecular flexibility index (Phi) is 3.89. The molecule has 2 aromatic carbocycles. The van der Waals surface area contributed by atoms with Gasteiger partial charge in [0, 0.05) is 10.0 Å². The summed E-state index contributed by atoms with van der Waals surface area (Å²) in [4.78, 5) is 0. The van der Waals surface area contributed by atoms with Gasteiger partial charge in [0.1, 0.15) is 5.75 Å². The summed E-state index contributed by atoms with van der Waals surface area (Å²) < 4.78 is 6.66. The first-order chi connectivity index (χ1) is 8.58. The quantitative estimate of drug-likeness (QED) is 0.846. The molecule has 0 heterocycles. The van der Waals surface area contributed by atoms with Gasteiger partial charge in [-0.05, 0) is 31.2 Å². The lowest BCUT2D eigenvalue weighted by atomic mass is 10.1. The van der Waals surface area contributed by atoms with Crippen molar-refractivity contribution in [2.24, 2.45) is 0 Å². The van der Waals surface area contributed by atoms with Gasteiger partial charge in [0.15, 0.2) is 5.75 Å². The minimum Gasteiger partial charge on any atom is -0.455 e. The molecular weight excluding hydrogens is 294 g/mol. The number of hydrogen-bond donors (Lipinski definition) is 2. The zero-order valence-corrected chi connectivity index (χ0v) is 11.5. The van der Waals surface area contributed by atoms with E-state index in [1.54, 1.807) is 19.1 Å². The van der Waals surface area contributed by atoms with Crippen LogP contribution in [0.1, 0.15) is 18.6 Å². The second-order valence-corrected chi connectivity index (χ2v) is 4.91. The summed E-state index contributed by atoms with van der Waals surface area (Å²) in [6.07, 6.45) is -0.588. The van der Waals surface area contributed by atoms with E-state index in [4.69, 9.17) is 10.5 Å². The van der Waals surface area contributed by atoms with Gasteiger partial charge in [-0.15, -0.1) is 0 Å². The molecule has 18 heavy (non-hydrogen) atoms. The third-order valence-electron chi connectivity index (χ3n) is 2.56. The molecule has 0 fully saturated rings. The number of nitrogens with two attached hydrogens (primary N) is 1. The fourth-order valence-electron chi connectivity index (χ4n) is 1.63. The van der Waals surface area contributed by atoms with Crippen molar-refractivity contribution in [3.63, 3.8) is 0 Å². The van der Waals surface area contributed by atoms with Crippen LogP contribution >= 0.6 is 15.9 Å². The molecule has 3 N–H and O–H groups in total. The van der Waals surface area contributed by atoms with Crippen molar-refractivity contribution in [3.8, 4) is 11.5 Å². The molecule has 4 heteroatoms. The van der Waals surface area contributed by atoms with Gasteiger partial charge in [-0.25, -0.2) is 0 Å². The topological polar surface area (TPSA) is 55.5 Å². The number of ether oxygens (including phenoxy) is 1. The van der Waals surface area contributed by atoms with Crippen molar-refractivity contribution >= 4 is 21.6 Å². The molecule has 1 unspecified atom stereocenters. The van der Waals surface area contributed by atoms with Crippen LogP contribution in [0.5, 0.6) is 11.5 Å². The van der Waals surface area contributed by atoms with Crippen LogP contribution in [0.2, 0.25) is 0 Å². The Balaban J connectivity index is 2.37. The Morgan fingerprint density at radius 1 is 1.17 bits per heavy atom. The molecule has 1 atom stereocenters. The molecule has 3 nitrogen and oxygen atoms in total. The maximum Gasteiger partial charge on any atom is 0.151 e. The maximum atomic E-state index is 9.69. The molecular formula is C14H14BrNO2. The van der Waals surface area contributed by atoms with Crippen LogP contribution < -0.4 is 10.5 Å². The lowest BCUT2D eigenvalue weighted by Crippen LogP contribution is -1.97. The molecule has 0 aliphatic heterocycles. The van der Waals surface area contributed by atoms with Crippen LogP contribution in [0.3, 0.4) is 0 Å². The third-order valence-corrected chi connectivity index (χ3v) is 3.06. The summed E-state index contributed by atoms with van der Waals surface area (Å²) in [6, 6.07) is 12.8. The second kappa shape index (κ2) is 5.42. The molecule has 0 saturated carbocycles. The number of aliphatic hydroxyl groups excluding tert-OH is 1. The summed E-state index contributed by atoms with van der Waals surface area (Å²) in [7, 11) is 0. The smallest absolute Gasteiger partial charge is 0.151 e. The molecule has 0 bridgehead atoms. The third kappa shape index (κ3) is 2.83. The Morgan fingerprint density at radius 2 is 1.89 bits per heavy atom. The van der Waals surface area contributed by atoms with Gasteiger partial charge in [0.25, 0.3) is 0 Å². The van der Waals surface area contributed by atoms with Crippen molar-refractivity contribution in [1.82, 2.24) is 0 Å². The molecule has 0 aliphatic carbocycles. The number of hydrogen-bond acceptors (Lipinski definition) is 3. The number of halogens is 1. The van der Waals surface area contributed by atoms with Crippen LogP contribution in [0.4, 0.5) is 5.69 Å². The molecule has 0 saturated heterocycles. The summed E-state index contributed by atoms with van der Waals surface area (Å²) in [5, 5.41) is 9.69. The van der Waals surface area contributed by atoms with Crippen LogP contribution in [0.15, 0.2) is 46.9 Å². The highest BCUT2D eigenvalue weighted by molar-refractivity contribution is 9.10. The first kappa shape index (κ1) is 12.9. The largest absolute Gasteiger partial charge is 0.455 e. The zero-order valence-electron chi connectivity index (χ0n) is 9.93. The van der Waals surface area contributed by atoms with Crippen LogP contribution in [0.25, 0.3) is 0 Å². The van der Waals surface area contributed by atoms with E-state index in [1.165, 1.54) is 0 Å². The van der Waals surface area contributed by atoms with Crippen molar-refractivity contribution in [2.75, 3.05) is 5.73 Å². The van der Waals surface area contributed by atoms with Gasteiger partial charge in [0.05, 0.1) is 11.8 Å². The minimum atomic E-state index is -0.588. The van der Waals surface area contributed by atoms with Gasteiger partial charge in [-0.2, -0.15) is 0 Å². The number of aliphatic hydroxyl groups is 1. The normalized spacial score (nSPS) is 12.2. The fourth-order valence-corrected chi connectivity index (χ4v) is 1.97. The summed E-state index contributed by atoms with van der Waals surface area (Å²) >= 11 is 3.37. The van der Waals surface area contributed by atoms with Gasteiger partial charge >= 0.3 is 0 Å². The standard InChI is InChI=1S/C14H14BrNO2/c1-9(17)11-4-2-3-5-13(11)18-14-8-10(15)6-7-12(14)16/h2-9,17H,16H2,1H3. The monoisotopic (exact) mass is 307 g/mol. The van der Waals surface area contributed by atoms with Crippen molar-refractivity contribution < 1.29 is 9.84 Å². The molecule has 2 aromatic rings. The van der Waals surface area contributed by atoms with Gasteiger partial charge < -0.3 is 15.6 Å². The first-order valence-corrected chi connectivity index (χ1v) is 6.37. The van der Waals surface area contributed by atoms with Crippen LogP contribution in [0, 0.1) is 0 Å². The van der Waals surface area contributed by atoms with E-state index < -0.39 is 6.10 Å². The van der Waals surface area contributed by atoms with E-state index in [1.807, 2.05) is 30.3 Å². The van der Waals surface area contributed by atoms with Gasteiger partial charge in [-0.3, -0.25) is 0 Å². The highest BCUT2D eigenvalue weighted by Crippen LogP contribution is 2.33. The van der Waals surface area contributed by atoms with Crippen molar-refractivity contribution in [3.05, 3.63) is 52.5 Å². The highest BCUT2D eigenvalue weighted by Gasteiger charge is 2.10. The fraction of sp³-hybridized carbons (Fsp3) is 0.143. The van der Waals surface area contributed by atoms with Gasteiger partial charge in [-0.1, -0.05) is 34.1 Å². The predicted octanol–water partition coefficient (Wildman–Crippen LogP) is 3.88. The molecule has 0 aromatic heterocycles. The average Bonchev–Trinajstić information content (AvgIpc) is 2.34. The highest BCUT2D eigenvalue weighted by atomic mass is 79.9. The second-order valence-electron chi connectivity index (χ2n) is 4.00. The summed E-state index contributed by atoms with van der Waals surface area (Å²) in [6.45, 7) is 1.70. The Hall–Kier alpha value is -1.52. The molecule has 2 rings (SSSR count). The van der Waals surface area contributed by atoms with Crippen LogP contribution in [-0.2, 0) is 0 Å². The number of benzene rings is 2. The van der Waals surface area contributed by atoms with E-state index in [2.05, 4.69) is 15.9 Å². The Labute approximate surface area is 114 Å². The van der Waals surface area contributed by atoms with Crippen molar-refractivity contribution in [1.29, 1.82) is 0 Å². The molecule has 94 valence electrons. The van der Waals surface area contributed by atoms with E-state index in [9.17, 15) is 5.11 Å². The predicted molar refractivity (Wildman–Crippen MR) is 75.7 cm³/mol. The number of anilines is 1. The van der Waals surface area contributed by atoms with E-state index in [0.29, 0.717) is 17.2 Å². The minimum absolute atomic E-state index is 0.554. The number of para-hydroxylation sites is 1. The lowest BCUT2D eigenvalue weighted by molar-refractivity contribution is 0.195. The maximum absolute atomic E-state index is 9.69. The summed E-state index contributed by atoms with van der Waals surface area (Å²) in [5.41, 5.74) is 7.14. The lowest BCUT2D eigenvalue weighted by Gasteiger charge is -2.14. The van der Waals surface area contributed by atoms with Crippen molar-refractivity contribution in [2.45, 2.75) is 13.0 Å². The molecule has 0 aliphatic rings. The zero-order chi connectivity index (χ0) is 13.1. The SMILES string of the molecule is CC(O)c1ccccc1Oc1cc(Br)ccc1N. The molecule has 0 amide bonds. The van der Waals surface area contributed by atoms with Crippen LogP contribution in [-0.4, -0.2) is 5.11 Å². The Morgan fingerprint density at radius 3 is 2.61 bits per heavy atom. The average molecular weight is 308 g/mol. The molecule has 0 radical (unpaired) electrons. The molecule has 0 spiro atoms.